The molecule has 1 amide bonds. The van der Waals surface area contributed by atoms with E-state index in [1.165, 1.54) is 25.7 Å². The third-order valence-electron chi connectivity index (χ3n) is 5.22. The second kappa shape index (κ2) is 9.57. The Kier molecular flexibility index (Phi) is 7.16. The second-order valence-corrected chi connectivity index (χ2v) is 7.81. The lowest BCUT2D eigenvalue weighted by atomic mass is 10.1. The van der Waals surface area contributed by atoms with Gasteiger partial charge in [-0.3, -0.25) is 4.79 Å². The Hall–Kier alpha value is -1.08. The van der Waals surface area contributed by atoms with Crippen LogP contribution in [0.2, 0.25) is 0 Å². The van der Waals surface area contributed by atoms with Gasteiger partial charge < -0.3 is 14.6 Å². The molecule has 1 aromatic rings. The molecular formula is C18H30N4O2S. The molecule has 2 heterocycles. The van der Waals surface area contributed by atoms with Gasteiger partial charge in [0, 0.05) is 32.0 Å². The first kappa shape index (κ1) is 18.7. The third kappa shape index (κ3) is 5.20. The Morgan fingerprint density at radius 2 is 2.12 bits per heavy atom. The minimum absolute atomic E-state index is 0.137. The molecule has 1 aliphatic heterocycles. The van der Waals surface area contributed by atoms with Crippen LogP contribution in [0.3, 0.4) is 0 Å². The lowest BCUT2D eigenvalue weighted by Crippen LogP contribution is -2.26. The van der Waals surface area contributed by atoms with Gasteiger partial charge in [0.05, 0.1) is 6.10 Å². The molecule has 2 aliphatic rings. The van der Waals surface area contributed by atoms with Gasteiger partial charge in [0.2, 0.25) is 5.91 Å². The topological polar surface area (TPSA) is 69.0 Å². The smallest absolute Gasteiger partial charge is 0.220 e. The molecule has 7 heteroatoms. The van der Waals surface area contributed by atoms with Crippen molar-refractivity contribution in [1.82, 2.24) is 20.1 Å². The van der Waals surface area contributed by atoms with E-state index in [2.05, 4.69) is 26.3 Å². The molecule has 0 aromatic carbocycles. The molecule has 1 saturated heterocycles. The van der Waals surface area contributed by atoms with Crippen LogP contribution in [0.25, 0.3) is 0 Å². The number of aryl methyl sites for hydroxylation is 1. The van der Waals surface area contributed by atoms with E-state index in [4.69, 9.17) is 4.74 Å². The number of nitrogens with one attached hydrogen (secondary N) is 1. The fraction of sp³-hybridized carbons (Fsp3) is 0.833. The van der Waals surface area contributed by atoms with Crippen LogP contribution in [0.1, 0.15) is 69.7 Å². The molecule has 1 aliphatic carbocycles. The van der Waals surface area contributed by atoms with Crippen LogP contribution < -0.4 is 5.32 Å². The predicted molar refractivity (Wildman–Crippen MR) is 98.8 cm³/mol. The first-order valence-electron chi connectivity index (χ1n) is 9.64. The summed E-state index contributed by atoms with van der Waals surface area (Å²) < 4.78 is 7.91. The summed E-state index contributed by atoms with van der Waals surface area (Å²) in [5, 5.41) is 12.8. The Balaban J connectivity index is 1.39. The maximum Gasteiger partial charge on any atom is 0.220 e. The van der Waals surface area contributed by atoms with E-state index in [1.54, 1.807) is 11.8 Å². The Bertz CT molecular complexity index is 551. The minimum Gasteiger partial charge on any atom is -0.378 e. The molecule has 0 spiro atoms. The van der Waals surface area contributed by atoms with Gasteiger partial charge in [-0.25, -0.2) is 0 Å². The number of carbonyl (C=O) groups is 1. The molecule has 0 radical (unpaired) electrons. The minimum atomic E-state index is 0.137. The molecule has 3 rings (SSSR count). The standard InChI is InChI=1S/C18H30N4O2S/c1-25-18-21-20-16(22(18)14-6-2-3-7-14)9-4-12-19-17(23)11-10-15-8-5-13-24-15/h14-15H,2-13H2,1H3,(H,19,23)/t15-/m0/s1. The first-order chi connectivity index (χ1) is 12.3. The number of rotatable bonds is 9. The van der Waals surface area contributed by atoms with Crippen molar-refractivity contribution in [1.29, 1.82) is 0 Å². The number of thioether (sulfide) groups is 1. The molecule has 0 bridgehead atoms. The van der Waals surface area contributed by atoms with Crippen LogP contribution in [-0.2, 0) is 16.0 Å². The van der Waals surface area contributed by atoms with E-state index < -0.39 is 0 Å². The van der Waals surface area contributed by atoms with Crippen LogP contribution >= 0.6 is 11.8 Å². The van der Waals surface area contributed by atoms with Crippen molar-refractivity contribution >= 4 is 17.7 Å². The maximum absolute atomic E-state index is 11.9. The number of hydrogen-bond acceptors (Lipinski definition) is 5. The van der Waals surface area contributed by atoms with Gasteiger partial charge in [0.25, 0.3) is 0 Å². The fourth-order valence-corrected chi connectivity index (χ4v) is 4.45. The third-order valence-corrected chi connectivity index (χ3v) is 5.87. The van der Waals surface area contributed by atoms with Crippen LogP contribution in [0.4, 0.5) is 0 Å². The van der Waals surface area contributed by atoms with E-state index >= 15 is 0 Å². The quantitative estimate of drug-likeness (QED) is 0.537. The monoisotopic (exact) mass is 366 g/mol. The number of nitrogens with zero attached hydrogens (tertiary/aromatic N) is 3. The molecule has 2 fully saturated rings. The van der Waals surface area contributed by atoms with Crippen molar-refractivity contribution in [3.8, 4) is 0 Å². The van der Waals surface area contributed by atoms with Crippen molar-refractivity contribution in [2.24, 2.45) is 0 Å². The predicted octanol–water partition coefficient (Wildman–Crippen LogP) is 3.12. The zero-order chi connectivity index (χ0) is 17.5. The second-order valence-electron chi connectivity index (χ2n) is 7.04. The summed E-state index contributed by atoms with van der Waals surface area (Å²) in [7, 11) is 0. The fourth-order valence-electron chi connectivity index (χ4n) is 3.87. The van der Waals surface area contributed by atoms with E-state index in [9.17, 15) is 4.79 Å². The molecule has 140 valence electrons. The lowest BCUT2D eigenvalue weighted by molar-refractivity contribution is -0.121. The van der Waals surface area contributed by atoms with E-state index in [1.807, 2.05) is 0 Å². The summed E-state index contributed by atoms with van der Waals surface area (Å²) in [5.41, 5.74) is 0. The SMILES string of the molecule is CSc1nnc(CCCNC(=O)CC[C@@H]2CCCO2)n1C1CCCC1. The highest BCUT2D eigenvalue weighted by Gasteiger charge is 2.23. The molecule has 1 aromatic heterocycles. The zero-order valence-corrected chi connectivity index (χ0v) is 16.0. The Morgan fingerprint density at radius 3 is 2.84 bits per heavy atom. The molecule has 0 unspecified atom stereocenters. The highest BCUT2D eigenvalue weighted by molar-refractivity contribution is 7.98. The van der Waals surface area contributed by atoms with Gasteiger partial charge in [-0.1, -0.05) is 24.6 Å². The highest BCUT2D eigenvalue weighted by Crippen LogP contribution is 2.33. The molecule has 1 N–H and O–H groups in total. The van der Waals surface area contributed by atoms with Gasteiger partial charge in [-0.2, -0.15) is 0 Å². The van der Waals surface area contributed by atoms with Gasteiger partial charge in [0.1, 0.15) is 5.82 Å². The number of carbonyl (C=O) groups excluding carboxylic acids is 1. The van der Waals surface area contributed by atoms with Crippen molar-refractivity contribution in [3.63, 3.8) is 0 Å². The van der Waals surface area contributed by atoms with Crippen molar-refractivity contribution in [2.75, 3.05) is 19.4 Å². The first-order valence-corrected chi connectivity index (χ1v) is 10.9. The molecule has 1 saturated carbocycles. The van der Waals surface area contributed by atoms with Crippen LogP contribution in [0.5, 0.6) is 0 Å². The molecule has 6 nitrogen and oxygen atoms in total. The van der Waals surface area contributed by atoms with E-state index in [-0.39, 0.29) is 5.91 Å². The molecule has 1 atom stereocenters. The van der Waals surface area contributed by atoms with Crippen LogP contribution in [-0.4, -0.2) is 46.2 Å². The van der Waals surface area contributed by atoms with E-state index in [0.29, 0.717) is 25.1 Å². The average molecular weight is 367 g/mol. The van der Waals surface area contributed by atoms with Gasteiger partial charge in [-0.05, 0) is 44.8 Å². The number of amides is 1. The van der Waals surface area contributed by atoms with Gasteiger partial charge in [-0.15, -0.1) is 10.2 Å². The number of aromatic nitrogens is 3. The van der Waals surface area contributed by atoms with E-state index in [0.717, 1.165) is 49.7 Å². The van der Waals surface area contributed by atoms with Crippen LogP contribution in [0, 0.1) is 0 Å². The molecular weight excluding hydrogens is 336 g/mol. The maximum atomic E-state index is 11.9. The average Bonchev–Trinajstić information content (AvgIpc) is 3.38. The normalized spacial score (nSPS) is 21.1. The van der Waals surface area contributed by atoms with Crippen molar-refractivity contribution in [3.05, 3.63) is 5.82 Å². The van der Waals surface area contributed by atoms with Gasteiger partial charge in [0.15, 0.2) is 5.16 Å². The molecule has 25 heavy (non-hydrogen) atoms. The van der Waals surface area contributed by atoms with Crippen molar-refractivity contribution in [2.45, 2.75) is 81.5 Å². The van der Waals surface area contributed by atoms with Crippen molar-refractivity contribution < 1.29 is 9.53 Å². The zero-order valence-electron chi connectivity index (χ0n) is 15.2. The summed E-state index contributed by atoms with van der Waals surface area (Å²) >= 11 is 1.67. The number of hydrogen-bond donors (Lipinski definition) is 1. The summed E-state index contributed by atoms with van der Waals surface area (Å²) in [6.45, 7) is 1.56. The highest BCUT2D eigenvalue weighted by atomic mass is 32.2. The van der Waals surface area contributed by atoms with Gasteiger partial charge >= 0.3 is 0 Å². The summed E-state index contributed by atoms with van der Waals surface area (Å²) in [4.78, 5) is 11.9. The summed E-state index contributed by atoms with van der Waals surface area (Å²) in [5.74, 6) is 1.21. The summed E-state index contributed by atoms with van der Waals surface area (Å²) in [6, 6.07) is 0.563. The van der Waals surface area contributed by atoms with Crippen LogP contribution in [0.15, 0.2) is 5.16 Å². The number of ether oxygens (including phenoxy) is 1. The largest absolute Gasteiger partial charge is 0.378 e. The Labute approximate surface area is 154 Å². The Morgan fingerprint density at radius 1 is 1.28 bits per heavy atom. The lowest BCUT2D eigenvalue weighted by Gasteiger charge is -2.16. The summed E-state index contributed by atoms with van der Waals surface area (Å²) in [6.07, 6.45) is 12.9.